The van der Waals surface area contributed by atoms with Gasteiger partial charge in [0.2, 0.25) is 5.91 Å². The Morgan fingerprint density at radius 1 is 1.10 bits per heavy atom. The van der Waals surface area contributed by atoms with Crippen molar-refractivity contribution in [1.29, 1.82) is 0 Å². The first-order chi connectivity index (χ1) is 14.8. The van der Waals surface area contributed by atoms with Gasteiger partial charge in [-0.25, -0.2) is 0 Å². The second kappa shape index (κ2) is 8.37. The van der Waals surface area contributed by atoms with Gasteiger partial charge in [0.15, 0.2) is 0 Å². The van der Waals surface area contributed by atoms with Crippen LogP contribution in [0.25, 0.3) is 0 Å². The molecule has 0 bridgehead atoms. The molecular weight excluding hydrogens is 413 g/mol. The highest BCUT2D eigenvalue weighted by atomic mass is 19.4. The Labute approximate surface area is 177 Å². The minimum absolute atomic E-state index is 0.0381. The number of rotatable bonds is 4. The Morgan fingerprint density at radius 3 is 2.42 bits per heavy atom. The largest absolute Gasteiger partial charge is 0.467 e. The van der Waals surface area contributed by atoms with Crippen LogP contribution in [0, 0.1) is 0 Å². The first-order valence-corrected chi connectivity index (χ1v) is 10.3. The van der Waals surface area contributed by atoms with Crippen molar-refractivity contribution in [3.8, 4) is 0 Å². The number of carbonyl (C=O) groups is 2. The molecule has 0 radical (unpaired) electrons. The molecule has 2 fully saturated rings. The van der Waals surface area contributed by atoms with Gasteiger partial charge in [-0.3, -0.25) is 14.5 Å². The van der Waals surface area contributed by atoms with Gasteiger partial charge < -0.3 is 14.5 Å². The summed E-state index contributed by atoms with van der Waals surface area (Å²) in [5.41, 5.74) is -1.65. The molecule has 4 rings (SSSR count). The van der Waals surface area contributed by atoms with Crippen LogP contribution in [0.15, 0.2) is 47.1 Å². The molecule has 1 saturated carbocycles. The fraction of sp³-hybridized carbons (Fsp3) is 0.455. The van der Waals surface area contributed by atoms with Crippen LogP contribution in [-0.2, 0) is 22.3 Å². The molecule has 1 aliphatic carbocycles. The van der Waals surface area contributed by atoms with Gasteiger partial charge in [0.25, 0.3) is 5.91 Å². The summed E-state index contributed by atoms with van der Waals surface area (Å²) in [4.78, 5) is 27.8. The third-order valence-electron chi connectivity index (χ3n) is 5.89. The standard InChI is InChI=1S/C22H23F3N2O4/c23-22(24,25)16-8-6-15(7-9-16)20(29)27-18(14-31-21(27)10-2-1-3-11-21)19(28)26-13-17-5-4-12-30-17/h4-9,12,18H,1-3,10-11,13-14H2,(H,26,28)/t18-/m0/s1. The van der Waals surface area contributed by atoms with Crippen molar-refractivity contribution in [1.82, 2.24) is 10.2 Å². The number of nitrogens with one attached hydrogen (secondary N) is 1. The summed E-state index contributed by atoms with van der Waals surface area (Å²) in [6.07, 6.45) is 0.870. The van der Waals surface area contributed by atoms with Gasteiger partial charge in [-0.15, -0.1) is 0 Å². The van der Waals surface area contributed by atoms with Crippen molar-refractivity contribution in [2.75, 3.05) is 6.61 Å². The van der Waals surface area contributed by atoms with Crippen LogP contribution in [0.1, 0.15) is 53.8 Å². The van der Waals surface area contributed by atoms with Gasteiger partial charge >= 0.3 is 6.18 Å². The molecule has 2 heterocycles. The number of alkyl halides is 3. The van der Waals surface area contributed by atoms with E-state index in [9.17, 15) is 22.8 Å². The first-order valence-electron chi connectivity index (χ1n) is 10.3. The SMILES string of the molecule is O=C(NCc1ccco1)[C@@H]1COC2(CCCCC2)N1C(=O)c1ccc(C(F)(F)F)cc1. The van der Waals surface area contributed by atoms with Crippen LogP contribution in [0.5, 0.6) is 0 Å². The zero-order valence-corrected chi connectivity index (χ0v) is 16.8. The van der Waals surface area contributed by atoms with E-state index in [0.717, 1.165) is 43.5 Å². The molecular formula is C22H23F3N2O4. The number of ether oxygens (including phenoxy) is 1. The summed E-state index contributed by atoms with van der Waals surface area (Å²) >= 11 is 0. The number of halogens is 3. The number of furan rings is 1. The van der Waals surface area contributed by atoms with Gasteiger partial charge in [-0.1, -0.05) is 6.42 Å². The minimum atomic E-state index is -4.49. The molecule has 1 aromatic carbocycles. The average Bonchev–Trinajstić information content (AvgIpc) is 3.40. The first kappa shape index (κ1) is 21.4. The molecule has 1 saturated heterocycles. The van der Waals surface area contributed by atoms with Gasteiger partial charge in [-0.2, -0.15) is 13.2 Å². The highest BCUT2D eigenvalue weighted by molar-refractivity contribution is 5.98. The number of hydrogen-bond donors (Lipinski definition) is 1. The zero-order valence-electron chi connectivity index (χ0n) is 16.8. The third-order valence-corrected chi connectivity index (χ3v) is 5.89. The second-order valence-corrected chi connectivity index (χ2v) is 7.88. The Kier molecular flexibility index (Phi) is 5.79. The molecule has 2 aromatic rings. The third kappa shape index (κ3) is 4.32. The fourth-order valence-corrected chi connectivity index (χ4v) is 4.32. The molecule has 2 aliphatic rings. The summed E-state index contributed by atoms with van der Waals surface area (Å²) in [5.74, 6) is -0.328. The smallest absolute Gasteiger partial charge is 0.416 e. The van der Waals surface area contributed by atoms with E-state index >= 15 is 0 Å². The molecule has 0 unspecified atom stereocenters. The lowest BCUT2D eigenvalue weighted by Gasteiger charge is -2.41. The predicted octanol–water partition coefficient (Wildman–Crippen LogP) is 4.12. The Bertz CT molecular complexity index is 919. The predicted molar refractivity (Wildman–Crippen MR) is 104 cm³/mol. The normalized spacial score (nSPS) is 20.7. The van der Waals surface area contributed by atoms with Gasteiger partial charge in [0, 0.05) is 5.56 Å². The van der Waals surface area contributed by atoms with E-state index in [4.69, 9.17) is 9.15 Å². The number of benzene rings is 1. The van der Waals surface area contributed by atoms with Gasteiger partial charge in [0.05, 0.1) is 25.0 Å². The quantitative estimate of drug-likeness (QED) is 0.783. The molecule has 1 N–H and O–H groups in total. The number of hydrogen-bond acceptors (Lipinski definition) is 4. The van der Waals surface area contributed by atoms with Crippen molar-refractivity contribution in [3.63, 3.8) is 0 Å². The lowest BCUT2D eigenvalue weighted by molar-refractivity contribution is -0.137. The Balaban J connectivity index is 1.58. The summed E-state index contributed by atoms with van der Waals surface area (Å²) in [6.45, 7) is 0.202. The maximum Gasteiger partial charge on any atom is 0.416 e. The van der Waals surface area contributed by atoms with Crippen LogP contribution >= 0.6 is 0 Å². The van der Waals surface area contributed by atoms with Crippen molar-refractivity contribution < 1.29 is 31.9 Å². The van der Waals surface area contributed by atoms with Gasteiger partial charge in [0.1, 0.15) is 17.5 Å². The Hall–Kier alpha value is -2.81. The maximum absolute atomic E-state index is 13.4. The summed E-state index contributed by atoms with van der Waals surface area (Å²) in [7, 11) is 0. The molecule has 6 nitrogen and oxygen atoms in total. The van der Waals surface area contributed by atoms with Crippen LogP contribution in [0.2, 0.25) is 0 Å². The zero-order chi connectivity index (χ0) is 22.1. The van der Waals surface area contributed by atoms with E-state index < -0.39 is 29.4 Å². The molecule has 166 valence electrons. The van der Waals surface area contributed by atoms with E-state index in [1.54, 1.807) is 12.1 Å². The highest BCUT2D eigenvalue weighted by Gasteiger charge is 2.53. The molecule has 9 heteroatoms. The van der Waals surface area contributed by atoms with E-state index in [-0.39, 0.29) is 24.6 Å². The molecule has 1 atom stereocenters. The fourth-order valence-electron chi connectivity index (χ4n) is 4.32. The number of carbonyl (C=O) groups excluding carboxylic acids is 2. The number of nitrogens with zero attached hydrogens (tertiary/aromatic N) is 1. The van der Waals surface area contributed by atoms with E-state index in [0.29, 0.717) is 18.6 Å². The summed E-state index contributed by atoms with van der Waals surface area (Å²) in [6, 6.07) is 6.61. The molecule has 1 aliphatic heterocycles. The lowest BCUT2D eigenvalue weighted by Crippen LogP contribution is -2.56. The molecule has 31 heavy (non-hydrogen) atoms. The van der Waals surface area contributed by atoms with Crippen molar-refractivity contribution in [2.24, 2.45) is 0 Å². The Morgan fingerprint density at radius 2 is 1.81 bits per heavy atom. The van der Waals surface area contributed by atoms with Crippen molar-refractivity contribution in [3.05, 3.63) is 59.5 Å². The molecule has 2 amide bonds. The van der Waals surface area contributed by atoms with E-state index in [1.165, 1.54) is 11.2 Å². The van der Waals surface area contributed by atoms with Crippen LogP contribution in [0.3, 0.4) is 0 Å². The van der Waals surface area contributed by atoms with Gasteiger partial charge in [-0.05, 0) is 62.1 Å². The second-order valence-electron chi connectivity index (χ2n) is 7.88. The number of amides is 2. The topological polar surface area (TPSA) is 71.8 Å². The average molecular weight is 436 g/mol. The molecule has 1 spiro atoms. The van der Waals surface area contributed by atoms with Crippen molar-refractivity contribution in [2.45, 2.75) is 56.6 Å². The van der Waals surface area contributed by atoms with E-state index in [1.807, 2.05) is 0 Å². The maximum atomic E-state index is 13.4. The van der Waals surface area contributed by atoms with Crippen LogP contribution in [0.4, 0.5) is 13.2 Å². The lowest BCUT2D eigenvalue weighted by atomic mass is 9.89. The summed E-state index contributed by atoms with van der Waals surface area (Å²) < 4.78 is 49.9. The van der Waals surface area contributed by atoms with Crippen LogP contribution in [-0.4, -0.2) is 35.1 Å². The van der Waals surface area contributed by atoms with E-state index in [2.05, 4.69) is 5.32 Å². The minimum Gasteiger partial charge on any atom is -0.467 e. The van der Waals surface area contributed by atoms with Crippen molar-refractivity contribution >= 4 is 11.8 Å². The summed E-state index contributed by atoms with van der Waals surface area (Å²) in [5, 5.41) is 2.76. The monoisotopic (exact) mass is 436 g/mol. The molecule has 1 aromatic heterocycles. The van der Waals surface area contributed by atoms with Crippen LogP contribution < -0.4 is 5.32 Å². The highest BCUT2D eigenvalue weighted by Crippen LogP contribution is 2.41.